The Hall–Kier alpha value is -3.38. The van der Waals surface area contributed by atoms with Crippen molar-refractivity contribution in [3.63, 3.8) is 0 Å². The predicted molar refractivity (Wildman–Crippen MR) is 120 cm³/mol. The van der Waals surface area contributed by atoms with Gasteiger partial charge >= 0.3 is 0 Å². The first-order chi connectivity index (χ1) is 14.5. The number of carbonyl (C=O) groups excluding carboxylic acids is 2. The molecule has 0 saturated heterocycles. The molecule has 7 heteroatoms. The molecule has 0 unspecified atom stereocenters. The Morgan fingerprint density at radius 2 is 1.87 bits per heavy atom. The van der Waals surface area contributed by atoms with Crippen molar-refractivity contribution in [1.82, 2.24) is 14.7 Å². The van der Waals surface area contributed by atoms with Crippen LogP contribution in [0.2, 0.25) is 5.02 Å². The number of aromatic nitrogens is 2. The maximum Gasteiger partial charge on any atom is 0.255 e. The maximum atomic E-state index is 12.5. The molecule has 6 nitrogen and oxygen atoms in total. The molecule has 0 radical (unpaired) electrons. The number of para-hydroxylation sites is 1. The summed E-state index contributed by atoms with van der Waals surface area (Å²) < 4.78 is 1.74. The minimum atomic E-state index is -0.304. The summed E-state index contributed by atoms with van der Waals surface area (Å²) >= 11 is 6.27. The van der Waals surface area contributed by atoms with E-state index in [0.717, 1.165) is 11.3 Å². The van der Waals surface area contributed by atoms with Crippen LogP contribution in [0.1, 0.15) is 29.8 Å². The third-order valence-corrected chi connectivity index (χ3v) is 4.88. The minimum absolute atomic E-state index is 0.127. The van der Waals surface area contributed by atoms with Gasteiger partial charge in [-0.3, -0.25) is 9.59 Å². The number of hydrogen-bond donors (Lipinski definition) is 1. The van der Waals surface area contributed by atoms with E-state index in [1.54, 1.807) is 40.1 Å². The number of nitrogens with zero attached hydrogens (tertiary/aromatic N) is 3. The smallest absolute Gasteiger partial charge is 0.255 e. The first kappa shape index (κ1) is 21.3. The van der Waals surface area contributed by atoms with Crippen molar-refractivity contribution < 1.29 is 9.59 Å². The van der Waals surface area contributed by atoms with Crippen LogP contribution in [0.3, 0.4) is 0 Å². The summed E-state index contributed by atoms with van der Waals surface area (Å²) in [7, 11) is 0. The molecular formula is C23H23ClN4O2. The molecule has 0 fully saturated rings. The summed E-state index contributed by atoms with van der Waals surface area (Å²) in [5, 5.41) is 7.35. The van der Waals surface area contributed by atoms with Crippen molar-refractivity contribution in [1.29, 1.82) is 0 Å². The molecule has 1 heterocycles. The van der Waals surface area contributed by atoms with Gasteiger partial charge in [0.15, 0.2) is 0 Å². The van der Waals surface area contributed by atoms with Crippen molar-refractivity contribution in [2.24, 2.45) is 0 Å². The van der Waals surface area contributed by atoms with Crippen LogP contribution in [-0.4, -0.2) is 39.6 Å². The maximum absolute atomic E-state index is 12.5. The molecule has 0 bridgehead atoms. The van der Waals surface area contributed by atoms with Gasteiger partial charge in [-0.2, -0.15) is 5.10 Å². The highest BCUT2D eigenvalue weighted by molar-refractivity contribution is 6.34. The predicted octanol–water partition coefficient (Wildman–Crippen LogP) is 4.66. The Morgan fingerprint density at radius 3 is 2.53 bits per heavy atom. The summed E-state index contributed by atoms with van der Waals surface area (Å²) in [5.41, 5.74) is 2.68. The number of nitrogens with one attached hydrogen (secondary N) is 1. The summed E-state index contributed by atoms with van der Waals surface area (Å²) in [6.45, 7) is 5.05. The summed E-state index contributed by atoms with van der Waals surface area (Å²) in [4.78, 5) is 26.4. The lowest BCUT2D eigenvalue weighted by molar-refractivity contribution is -0.111. The lowest BCUT2D eigenvalue weighted by Gasteiger charge is -2.19. The molecular weight excluding hydrogens is 400 g/mol. The van der Waals surface area contributed by atoms with Gasteiger partial charge < -0.3 is 10.2 Å². The first-order valence-electron chi connectivity index (χ1n) is 9.69. The molecule has 3 aromatic rings. The molecule has 0 spiro atoms. The van der Waals surface area contributed by atoms with Gasteiger partial charge in [0.05, 0.1) is 22.5 Å². The Morgan fingerprint density at radius 1 is 1.13 bits per heavy atom. The van der Waals surface area contributed by atoms with Crippen LogP contribution >= 0.6 is 11.6 Å². The molecule has 3 rings (SSSR count). The average molecular weight is 423 g/mol. The molecule has 2 aromatic carbocycles. The van der Waals surface area contributed by atoms with Crippen LogP contribution in [0.15, 0.2) is 67.0 Å². The van der Waals surface area contributed by atoms with Crippen LogP contribution in [0.5, 0.6) is 0 Å². The van der Waals surface area contributed by atoms with Gasteiger partial charge in [-0.15, -0.1) is 0 Å². The Bertz CT molecular complexity index is 1060. The molecule has 0 saturated carbocycles. The van der Waals surface area contributed by atoms with E-state index < -0.39 is 0 Å². The third-order valence-electron chi connectivity index (χ3n) is 4.57. The van der Waals surface area contributed by atoms with Gasteiger partial charge in [0.1, 0.15) is 0 Å². The Labute approximate surface area is 180 Å². The average Bonchev–Trinajstić information content (AvgIpc) is 3.23. The van der Waals surface area contributed by atoms with E-state index in [1.807, 2.05) is 50.4 Å². The number of hydrogen-bond acceptors (Lipinski definition) is 3. The second-order valence-electron chi connectivity index (χ2n) is 6.55. The van der Waals surface area contributed by atoms with Crippen LogP contribution in [-0.2, 0) is 4.79 Å². The Kier molecular flexibility index (Phi) is 7.03. The van der Waals surface area contributed by atoms with E-state index in [2.05, 4.69) is 10.4 Å². The molecule has 0 atom stereocenters. The normalized spacial score (nSPS) is 10.9. The van der Waals surface area contributed by atoms with Gasteiger partial charge in [-0.05, 0) is 50.3 Å². The summed E-state index contributed by atoms with van der Waals surface area (Å²) in [5.74, 6) is -0.431. The number of carbonyl (C=O) groups is 2. The van der Waals surface area contributed by atoms with E-state index in [-0.39, 0.29) is 11.8 Å². The molecule has 154 valence electrons. The van der Waals surface area contributed by atoms with Crippen molar-refractivity contribution in [2.45, 2.75) is 13.8 Å². The highest BCUT2D eigenvalue weighted by atomic mass is 35.5. The van der Waals surface area contributed by atoms with Gasteiger partial charge in [-0.1, -0.05) is 29.8 Å². The standard InChI is InChI=1S/C23H23ClN4O2/c1-3-27(4-2)23(30)20-12-11-18(14-21(20)24)26-22(29)13-10-17-15-25-28(16-17)19-8-6-5-7-9-19/h5-16H,3-4H2,1-2H3,(H,26,29)/b13-10+. The molecule has 0 aliphatic rings. The minimum Gasteiger partial charge on any atom is -0.339 e. The zero-order valence-electron chi connectivity index (χ0n) is 16.9. The second-order valence-corrected chi connectivity index (χ2v) is 6.96. The zero-order chi connectivity index (χ0) is 21.5. The van der Waals surface area contributed by atoms with Gasteiger partial charge in [-0.25, -0.2) is 4.68 Å². The number of amides is 2. The molecule has 1 N–H and O–H groups in total. The van der Waals surface area contributed by atoms with Gasteiger partial charge in [0.2, 0.25) is 5.91 Å². The fraction of sp³-hybridized carbons (Fsp3) is 0.174. The van der Waals surface area contributed by atoms with Crippen LogP contribution in [0.25, 0.3) is 11.8 Å². The number of anilines is 1. The van der Waals surface area contributed by atoms with E-state index in [0.29, 0.717) is 29.4 Å². The summed E-state index contributed by atoms with van der Waals surface area (Å²) in [6, 6.07) is 14.6. The fourth-order valence-electron chi connectivity index (χ4n) is 2.95. The highest BCUT2D eigenvalue weighted by Gasteiger charge is 2.16. The zero-order valence-corrected chi connectivity index (χ0v) is 17.6. The summed E-state index contributed by atoms with van der Waals surface area (Å²) in [6.07, 6.45) is 6.63. The quantitative estimate of drug-likeness (QED) is 0.563. The molecule has 2 amide bonds. The van der Waals surface area contributed by atoms with Crippen molar-refractivity contribution in [3.05, 3.63) is 83.2 Å². The van der Waals surface area contributed by atoms with Crippen LogP contribution < -0.4 is 5.32 Å². The lowest BCUT2D eigenvalue weighted by atomic mass is 10.1. The lowest BCUT2D eigenvalue weighted by Crippen LogP contribution is -2.30. The monoisotopic (exact) mass is 422 g/mol. The Balaban J connectivity index is 1.64. The highest BCUT2D eigenvalue weighted by Crippen LogP contribution is 2.22. The number of benzene rings is 2. The third kappa shape index (κ3) is 5.15. The van der Waals surface area contributed by atoms with E-state index in [4.69, 9.17) is 11.6 Å². The van der Waals surface area contributed by atoms with Crippen molar-refractivity contribution in [2.75, 3.05) is 18.4 Å². The van der Waals surface area contributed by atoms with Crippen LogP contribution in [0.4, 0.5) is 5.69 Å². The van der Waals surface area contributed by atoms with E-state index >= 15 is 0 Å². The van der Waals surface area contributed by atoms with Crippen molar-refractivity contribution in [3.8, 4) is 5.69 Å². The SMILES string of the molecule is CCN(CC)C(=O)c1ccc(NC(=O)/C=C/c2cnn(-c3ccccc3)c2)cc1Cl. The van der Waals surface area contributed by atoms with Crippen LogP contribution in [0, 0.1) is 0 Å². The van der Waals surface area contributed by atoms with Gasteiger partial charge in [0, 0.05) is 36.6 Å². The molecule has 0 aliphatic heterocycles. The molecule has 1 aromatic heterocycles. The molecule has 30 heavy (non-hydrogen) atoms. The fourth-order valence-corrected chi connectivity index (χ4v) is 3.21. The molecule has 0 aliphatic carbocycles. The topological polar surface area (TPSA) is 67.2 Å². The van der Waals surface area contributed by atoms with E-state index in [9.17, 15) is 9.59 Å². The van der Waals surface area contributed by atoms with E-state index in [1.165, 1.54) is 6.08 Å². The second kappa shape index (κ2) is 9.89. The van der Waals surface area contributed by atoms with Crippen molar-refractivity contribution >= 4 is 35.2 Å². The largest absolute Gasteiger partial charge is 0.339 e. The van der Waals surface area contributed by atoms with Gasteiger partial charge in [0.25, 0.3) is 5.91 Å². The first-order valence-corrected chi connectivity index (χ1v) is 10.1. The number of rotatable bonds is 7. The number of halogens is 1.